The van der Waals surface area contributed by atoms with Gasteiger partial charge in [0.25, 0.3) is 0 Å². The van der Waals surface area contributed by atoms with Gasteiger partial charge in [-0.2, -0.15) is 0 Å². The quantitative estimate of drug-likeness (QED) is 0.632. The Balaban J connectivity index is 2.28. The molecule has 0 saturated heterocycles. The van der Waals surface area contributed by atoms with E-state index < -0.39 is 0 Å². The standard InChI is InChI=1S/C15H22N2O2/c1-3-4-10-17(11-8-9-11)13-7-5-6-12(14(13)16)15(18)19-2/h5-7,11H,3-4,8-10,16H2,1-2H3. The number of unbranched alkanes of at least 4 members (excludes halogenated alkanes) is 1. The third kappa shape index (κ3) is 3.00. The van der Waals surface area contributed by atoms with Crippen molar-refractivity contribution in [1.29, 1.82) is 0 Å². The largest absolute Gasteiger partial charge is 0.465 e. The lowest BCUT2D eigenvalue weighted by Gasteiger charge is -2.26. The molecule has 4 nitrogen and oxygen atoms in total. The second-order valence-corrected chi connectivity index (χ2v) is 5.01. The molecule has 1 aromatic rings. The van der Waals surface area contributed by atoms with Crippen LogP contribution in [0.5, 0.6) is 0 Å². The zero-order valence-corrected chi connectivity index (χ0v) is 11.7. The number of para-hydroxylation sites is 1. The summed E-state index contributed by atoms with van der Waals surface area (Å²) in [5.74, 6) is -0.370. The summed E-state index contributed by atoms with van der Waals surface area (Å²) in [6, 6.07) is 6.17. The van der Waals surface area contributed by atoms with Crippen LogP contribution in [0.25, 0.3) is 0 Å². The molecule has 0 spiro atoms. The summed E-state index contributed by atoms with van der Waals surface area (Å²) >= 11 is 0. The lowest BCUT2D eigenvalue weighted by molar-refractivity contribution is 0.0602. The van der Waals surface area contributed by atoms with Gasteiger partial charge in [-0.1, -0.05) is 19.4 Å². The van der Waals surface area contributed by atoms with Crippen LogP contribution < -0.4 is 10.6 Å². The minimum atomic E-state index is -0.370. The fraction of sp³-hybridized carbons (Fsp3) is 0.533. The maximum Gasteiger partial charge on any atom is 0.340 e. The van der Waals surface area contributed by atoms with Crippen LogP contribution in [0.15, 0.2) is 18.2 Å². The molecule has 0 radical (unpaired) electrons. The van der Waals surface area contributed by atoms with Gasteiger partial charge in [0.15, 0.2) is 0 Å². The Bertz CT molecular complexity index is 455. The molecule has 0 unspecified atom stereocenters. The first-order valence-electron chi connectivity index (χ1n) is 6.92. The third-order valence-electron chi connectivity index (χ3n) is 3.54. The molecule has 19 heavy (non-hydrogen) atoms. The highest BCUT2D eigenvalue weighted by Crippen LogP contribution is 2.36. The average molecular weight is 262 g/mol. The molecular formula is C15H22N2O2. The highest BCUT2D eigenvalue weighted by atomic mass is 16.5. The van der Waals surface area contributed by atoms with Gasteiger partial charge in [0.2, 0.25) is 0 Å². The normalized spacial score (nSPS) is 14.2. The van der Waals surface area contributed by atoms with Gasteiger partial charge in [-0.05, 0) is 31.4 Å². The number of nitrogens with zero attached hydrogens (tertiary/aromatic N) is 1. The maximum absolute atomic E-state index is 11.7. The highest BCUT2D eigenvalue weighted by molar-refractivity contribution is 5.98. The lowest BCUT2D eigenvalue weighted by Crippen LogP contribution is -2.28. The van der Waals surface area contributed by atoms with Crippen molar-refractivity contribution in [2.45, 2.75) is 38.6 Å². The number of benzene rings is 1. The van der Waals surface area contributed by atoms with Crippen molar-refractivity contribution < 1.29 is 9.53 Å². The Kier molecular flexibility index (Phi) is 4.30. The van der Waals surface area contributed by atoms with Crippen LogP contribution in [0.2, 0.25) is 0 Å². The number of hydrogen-bond donors (Lipinski definition) is 1. The molecule has 1 fully saturated rings. The summed E-state index contributed by atoms with van der Waals surface area (Å²) in [6.07, 6.45) is 4.72. The number of nitrogen functional groups attached to an aromatic ring is 1. The van der Waals surface area contributed by atoms with E-state index in [0.717, 1.165) is 25.1 Å². The molecule has 0 heterocycles. The zero-order chi connectivity index (χ0) is 13.8. The van der Waals surface area contributed by atoms with Gasteiger partial charge in [0, 0.05) is 12.6 Å². The van der Waals surface area contributed by atoms with Crippen molar-refractivity contribution in [2.24, 2.45) is 0 Å². The van der Waals surface area contributed by atoms with Gasteiger partial charge in [-0.25, -0.2) is 4.79 Å². The molecule has 4 heteroatoms. The number of ether oxygens (including phenoxy) is 1. The van der Waals surface area contributed by atoms with E-state index in [4.69, 9.17) is 10.5 Å². The number of esters is 1. The third-order valence-corrected chi connectivity index (χ3v) is 3.54. The Labute approximate surface area is 114 Å². The van der Waals surface area contributed by atoms with Gasteiger partial charge in [0.1, 0.15) is 0 Å². The highest BCUT2D eigenvalue weighted by Gasteiger charge is 2.30. The molecule has 2 rings (SSSR count). The molecule has 0 bridgehead atoms. The SMILES string of the molecule is CCCCN(c1cccc(C(=O)OC)c1N)C1CC1. The van der Waals surface area contributed by atoms with Crippen LogP contribution in [-0.2, 0) is 4.74 Å². The topological polar surface area (TPSA) is 55.6 Å². The van der Waals surface area contributed by atoms with Crippen LogP contribution in [0.3, 0.4) is 0 Å². The molecule has 1 aromatic carbocycles. The first-order chi connectivity index (χ1) is 9.19. The molecule has 0 aliphatic heterocycles. The van der Waals surface area contributed by atoms with Crippen molar-refractivity contribution in [3.05, 3.63) is 23.8 Å². The monoisotopic (exact) mass is 262 g/mol. The molecule has 0 aromatic heterocycles. The summed E-state index contributed by atoms with van der Waals surface area (Å²) in [5.41, 5.74) is 8.13. The Morgan fingerprint density at radius 2 is 2.21 bits per heavy atom. The Hall–Kier alpha value is -1.71. The van der Waals surface area contributed by atoms with Crippen LogP contribution >= 0.6 is 0 Å². The van der Waals surface area contributed by atoms with E-state index in [1.54, 1.807) is 6.07 Å². The zero-order valence-electron chi connectivity index (χ0n) is 11.7. The van der Waals surface area contributed by atoms with E-state index in [1.807, 2.05) is 12.1 Å². The average Bonchev–Trinajstić information content (AvgIpc) is 3.24. The van der Waals surface area contributed by atoms with E-state index in [-0.39, 0.29) is 5.97 Å². The molecule has 1 aliphatic rings. The second-order valence-electron chi connectivity index (χ2n) is 5.01. The van der Waals surface area contributed by atoms with Crippen molar-refractivity contribution in [2.75, 3.05) is 24.3 Å². The number of nitrogens with two attached hydrogens (primary N) is 1. The van der Waals surface area contributed by atoms with E-state index >= 15 is 0 Å². The predicted molar refractivity (Wildman–Crippen MR) is 77.5 cm³/mol. The molecule has 2 N–H and O–H groups in total. The fourth-order valence-electron chi connectivity index (χ4n) is 2.31. The first kappa shape index (κ1) is 13.7. The second kappa shape index (κ2) is 5.95. The maximum atomic E-state index is 11.7. The minimum Gasteiger partial charge on any atom is -0.465 e. The number of methoxy groups -OCH3 is 1. The minimum absolute atomic E-state index is 0.370. The van der Waals surface area contributed by atoms with Gasteiger partial charge < -0.3 is 15.4 Å². The molecule has 0 atom stereocenters. The van der Waals surface area contributed by atoms with Crippen molar-refractivity contribution in [3.8, 4) is 0 Å². The molecule has 1 saturated carbocycles. The number of anilines is 2. The van der Waals surface area contributed by atoms with Crippen molar-refractivity contribution in [1.82, 2.24) is 0 Å². The van der Waals surface area contributed by atoms with Gasteiger partial charge in [-0.3, -0.25) is 0 Å². The summed E-state index contributed by atoms with van der Waals surface area (Å²) in [4.78, 5) is 14.0. The van der Waals surface area contributed by atoms with E-state index in [9.17, 15) is 4.79 Å². The predicted octanol–water partition coefficient (Wildman–Crippen LogP) is 2.82. The number of rotatable bonds is 6. The number of carbonyl (C=O) groups excluding carboxylic acids is 1. The van der Waals surface area contributed by atoms with Crippen LogP contribution in [0.4, 0.5) is 11.4 Å². The van der Waals surface area contributed by atoms with Gasteiger partial charge in [-0.15, -0.1) is 0 Å². The molecule has 104 valence electrons. The Morgan fingerprint density at radius 3 is 2.79 bits per heavy atom. The van der Waals surface area contributed by atoms with E-state index in [0.29, 0.717) is 17.3 Å². The molecular weight excluding hydrogens is 240 g/mol. The van der Waals surface area contributed by atoms with Crippen LogP contribution in [0, 0.1) is 0 Å². The summed E-state index contributed by atoms with van der Waals surface area (Å²) < 4.78 is 4.77. The van der Waals surface area contributed by atoms with E-state index in [2.05, 4.69) is 11.8 Å². The van der Waals surface area contributed by atoms with Gasteiger partial charge in [0.05, 0.1) is 24.0 Å². The first-order valence-corrected chi connectivity index (χ1v) is 6.92. The fourth-order valence-corrected chi connectivity index (χ4v) is 2.31. The summed E-state index contributed by atoms with van der Waals surface area (Å²) in [5, 5.41) is 0. The number of carbonyl (C=O) groups is 1. The van der Waals surface area contributed by atoms with Crippen LogP contribution in [0.1, 0.15) is 43.0 Å². The van der Waals surface area contributed by atoms with Crippen molar-refractivity contribution in [3.63, 3.8) is 0 Å². The molecule has 1 aliphatic carbocycles. The van der Waals surface area contributed by atoms with E-state index in [1.165, 1.54) is 20.0 Å². The van der Waals surface area contributed by atoms with Crippen LogP contribution in [-0.4, -0.2) is 25.7 Å². The molecule has 0 amide bonds. The van der Waals surface area contributed by atoms with Crippen molar-refractivity contribution >= 4 is 17.3 Å². The lowest BCUT2D eigenvalue weighted by atomic mass is 10.1. The Morgan fingerprint density at radius 1 is 1.47 bits per heavy atom. The number of hydrogen-bond acceptors (Lipinski definition) is 4. The smallest absolute Gasteiger partial charge is 0.340 e. The van der Waals surface area contributed by atoms with Gasteiger partial charge >= 0.3 is 5.97 Å². The summed E-state index contributed by atoms with van der Waals surface area (Å²) in [6.45, 7) is 3.18. The summed E-state index contributed by atoms with van der Waals surface area (Å²) in [7, 11) is 1.38.